The maximum Gasteiger partial charge on any atom is 0.115 e. The Kier molecular flexibility index (Phi) is 2.67. The van der Waals surface area contributed by atoms with Gasteiger partial charge in [-0.15, -0.1) is 0 Å². The molecule has 0 saturated heterocycles. The molecule has 0 radical (unpaired) electrons. The Morgan fingerprint density at radius 3 is 2.89 bits per heavy atom. The summed E-state index contributed by atoms with van der Waals surface area (Å²) in [6, 6.07) is 6.32. The summed E-state index contributed by atoms with van der Waals surface area (Å²) in [6.45, 7) is 4.30. The van der Waals surface area contributed by atoms with Crippen LogP contribution in [0.5, 0.6) is 0 Å². The van der Waals surface area contributed by atoms with Gasteiger partial charge in [-0.1, -0.05) is 32.0 Å². The van der Waals surface area contributed by atoms with Crippen molar-refractivity contribution in [3.63, 3.8) is 0 Å². The minimum atomic E-state index is 0.379. The Bertz CT molecular complexity index is 615. The van der Waals surface area contributed by atoms with Crippen LogP contribution in [0.1, 0.15) is 31.0 Å². The van der Waals surface area contributed by atoms with Crippen molar-refractivity contribution >= 4 is 11.9 Å². The van der Waals surface area contributed by atoms with Gasteiger partial charge < -0.3 is 0 Å². The molecule has 3 rings (SSSR count). The molecule has 1 aliphatic heterocycles. The average molecular weight is 237 g/mol. The van der Waals surface area contributed by atoms with E-state index in [9.17, 15) is 0 Å². The molecule has 0 atom stereocenters. The third kappa shape index (κ3) is 1.72. The normalized spacial score (nSPS) is 13.1. The lowest BCUT2D eigenvalue weighted by Crippen LogP contribution is -1.97. The fourth-order valence-corrected chi connectivity index (χ4v) is 2.37. The van der Waals surface area contributed by atoms with Gasteiger partial charge >= 0.3 is 0 Å². The highest BCUT2D eigenvalue weighted by Crippen LogP contribution is 2.38. The van der Waals surface area contributed by atoms with E-state index >= 15 is 0 Å². The molecule has 2 heterocycles. The monoisotopic (exact) mass is 237 g/mol. The Balaban J connectivity index is 2.22. The Morgan fingerprint density at radius 2 is 2.06 bits per heavy atom. The van der Waals surface area contributed by atoms with Gasteiger partial charge in [-0.2, -0.15) is 0 Å². The highest BCUT2D eigenvalue weighted by molar-refractivity contribution is 5.87. The zero-order chi connectivity index (χ0) is 12.5. The molecule has 3 heteroatoms. The summed E-state index contributed by atoms with van der Waals surface area (Å²) >= 11 is 0. The number of fused-ring (bicyclic) bond motifs is 1. The second-order valence-electron chi connectivity index (χ2n) is 4.81. The van der Waals surface area contributed by atoms with Crippen LogP contribution < -0.4 is 0 Å². The van der Waals surface area contributed by atoms with Gasteiger partial charge in [-0.05, 0) is 11.5 Å². The number of hydrogen-bond donors (Lipinski definition) is 0. The third-order valence-corrected chi connectivity index (χ3v) is 3.23. The summed E-state index contributed by atoms with van der Waals surface area (Å²) in [7, 11) is 0. The van der Waals surface area contributed by atoms with Crippen LogP contribution in [-0.4, -0.2) is 16.2 Å². The molecule has 0 aliphatic carbocycles. The number of aromatic nitrogens is 2. The zero-order valence-electron chi connectivity index (χ0n) is 10.6. The van der Waals surface area contributed by atoms with Crippen molar-refractivity contribution < 1.29 is 0 Å². The van der Waals surface area contributed by atoms with Crippen molar-refractivity contribution in [1.29, 1.82) is 0 Å². The molecule has 0 unspecified atom stereocenters. The van der Waals surface area contributed by atoms with Crippen LogP contribution in [0.4, 0.5) is 5.69 Å². The number of hydrogen-bond acceptors (Lipinski definition) is 3. The Morgan fingerprint density at radius 1 is 1.17 bits per heavy atom. The highest BCUT2D eigenvalue weighted by Gasteiger charge is 2.17. The van der Waals surface area contributed by atoms with E-state index in [0.717, 1.165) is 28.9 Å². The standard InChI is InChI=1S/C15H15N3/c1-10(2)14-13(8-16-9-18-14)12-5-3-4-11-6-7-17-15(11)12/h3-5,7-10H,6H2,1-2H3. The van der Waals surface area contributed by atoms with Gasteiger partial charge in [0, 0.05) is 30.0 Å². The summed E-state index contributed by atoms with van der Waals surface area (Å²) in [5.41, 5.74) is 5.69. The first-order valence-corrected chi connectivity index (χ1v) is 6.22. The first-order valence-electron chi connectivity index (χ1n) is 6.22. The first-order chi connectivity index (χ1) is 8.77. The lowest BCUT2D eigenvalue weighted by atomic mass is 9.96. The fraction of sp³-hybridized carbons (Fsp3) is 0.267. The molecular weight excluding hydrogens is 222 g/mol. The van der Waals surface area contributed by atoms with E-state index in [-0.39, 0.29) is 0 Å². The van der Waals surface area contributed by atoms with E-state index in [1.807, 2.05) is 12.4 Å². The lowest BCUT2D eigenvalue weighted by Gasteiger charge is -2.12. The zero-order valence-corrected chi connectivity index (χ0v) is 10.6. The van der Waals surface area contributed by atoms with Crippen LogP contribution in [0.2, 0.25) is 0 Å². The molecule has 1 aromatic carbocycles. The van der Waals surface area contributed by atoms with Gasteiger partial charge in [-0.3, -0.25) is 4.99 Å². The van der Waals surface area contributed by atoms with Gasteiger partial charge in [0.05, 0.1) is 11.4 Å². The van der Waals surface area contributed by atoms with Gasteiger partial charge in [0.25, 0.3) is 0 Å². The summed E-state index contributed by atoms with van der Waals surface area (Å²) in [5, 5.41) is 0. The molecule has 0 bridgehead atoms. The molecule has 1 aromatic heterocycles. The average Bonchev–Trinajstić information content (AvgIpc) is 2.86. The van der Waals surface area contributed by atoms with Crippen LogP contribution >= 0.6 is 0 Å². The number of aliphatic imine (C=N–C) groups is 1. The first kappa shape index (κ1) is 11.1. The third-order valence-electron chi connectivity index (χ3n) is 3.23. The molecule has 1 aliphatic rings. The van der Waals surface area contributed by atoms with Gasteiger partial charge in [0.1, 0.15) is 6.33 Å². The molecule has 18 heavy (non-hydrogen) atoms. The molecule has 0 fully saturated rings. The molecule has 0 saturated carbocycles. The van der Waals surface area contributed by atoms with E-state index in [1.165, 1.54) is 5.56 Å². The maximum absolute atomic E-state index is 4.50. The van der Waals surface area contributed by atoms with E-state index < -0.39 is 0 Å². The largest absolute Gasteiger partial charge is 0.260 e. The van der Waals surface area contributed by atoms with Gasteiger partial charge in [-0.25, -0.2) is 9.97 Å². The van der Waals surface area contributed by atoms with Crippen molar-refractivity contribution in [2.75, 3.05) is 0 Å². The highest BCUT2D eigenvalue weighted by atomic mass is 14.8. The summed E-state index contributed by atoms with van der Waals surface area (Å²) in [4.78, 5) is 13.1. The number of para-hydroxylation sites is 1. The van der Waals surface area contributed by atoms with Crippen LogP contribution in [0.3, 0.4) is 0 Å². The second kappa shape index (κ2) is 4.33. The topological polar surface area (TPSA) is 38.1 Å². The summed E-state index contributed by atoms with van der Waals surface area (Å²) in [6.07, 6.45) is 6.40. The van der Waals surface area contributed by atoms with E-state index in [0.29, 0.717) is 5.92 Å². The SMILES string of the molecule is CC(C)c1ncncc1-c1cccc2c1N=CC2. The van der Waals surface area contributed by atoms with Gasteiger partial charge in [0.2, 0.25) is 0 Å². The van der Waals surface area contributed by atoms with Crippen LogP contribution in [0.15, 0.2) is 35.7 Å². The Hall–Kier alpha value is -2.03. The molecule has 0 N–H and O–H groups in total. The van der Waals surface area contributed by atoms with Crippen molar-refractivity contribution in [1.82, 2.24) is 9.97 Å². The predicted molar refractivity (Wildman–Crippen MR) is 73.4 cm³/mol. The number of nitrogens with zero attached hydrogens (tertiary/aromatic N) is 3. The Labute approximate surface area is 107 Å². The lowest BCUT2D eigenvalue weighted by molar-refractivity contribution is 0.817. The van der Waals surface area contributed by atoms with Crippen molar-refractivity contribution in [2.45, 2.75) is 26.2 Å². The maximum atomic E-state index is 4.50. The van der Waals surface area contributed by atoms with E-state index in [4.69, 9.17) is 0 Å². The van der Waals surface area contributed by atoms with Gasteiger partial charge in [0.15, 0.2) is 0 Å². The van der Waals surface area contributed by atoms with Crippen molar-refractivity contribution in [3.05, 3.63) is 42.0 Å². The molecule has 0 amide bonds. The van der Waals surface area contributed by atoms with Crippen molar-refractivity contribution in [2.24, 2.45) is 4.99 Å². The fourth-order valence-electron chi connectivity index (χ4n) is 2.37. The molecular formula is C15H15N3. The predicted octanol–water partition coefficient (Wildman–Crippen LogP) is 3.53. The summed E-state index contributed by atoms with van der Waals surface area (Å²) < 4.78 is 0. The second-order valence-corrected chi connectivity index (χ2v) is 4.81. The van der Waals surface area contributed by atoms with E-state index in [2.05, 4.69) is 47.0 Å². The molecule has 3 nitrogen and oxygen atoms in total. The van der Waals surface area contributed by atoms with Crippen LogP contribution in [0.25, 0.3) is 11.1 Å². The van der Waals surface area contributed by atoms with E-state index in [1.54, 1.807) is 6.33 Å². The quantitative estimate of drug-likeness (QED) is 0.801. The molecule has 0 spiro atoms. The molecule has 90 valence electrons. The molecule has 2 aromatic rings. The van der Waals surface area contributed by atoms with Crippen LogP contribution in [0, 0.1) is 0 Å². The smallest absolute Gasteiger partial charge is 0.115 e. The minimum Gasteiger partial charge on any atom is -0.260 e. The number of benzene rings is 1. The number of rotatable bonds is 2. The van der Waals surface area contributed by atoms with Crippen LogP contribution in [-0.2, 0) is 6.42 Å². The minimum absolute atomic E-state index is 0.379. The summed E-state index contributed by atoms with van der Waals surface area (Å²) in [5.74, 6) is 0.379. The van der Waals surface area contributed by atoms with Crippen molar-refractivity contribution in [3.8, 4) is 11.1 Å².